The second-order valence-electron chi connectivity index (χ2n) is 5.19. The smallest absolute Gasteiger partial charge is 0.271 e. The number of nitrogens with two attached hydrogens (primary N) is 1. The highest BCUT2D eigenvalue weighted by Crippen LogP contribution is 2.19. The van der Waals surface area contributed by atoms with Crippen LogP contribution in [0.2, 0.25) is 0 Å². The predicted octanol–water partition coefficient (Wildman–Crippen LogP) is 1.72. The lowest BCUT2D eigenvalue weighted by molar-refractivity contribution is 0.0932. The second kappa shape index (κ2) is 6.33. The maximum absolute atomic E-state index is 11.9. The fourth-order valence-electron chi connectivity index (χ4n) is 2.00. The summed E-state index contributed by atoms with van der Waals surface area (Å²) in [5.41, 5.74) is 5.72. The third-order valence-corrected chi connectivity index (χ3v) is 3.12. The first-order valence-corrected chi connectivity index (χ1v) is 6.27. The Morgan fingerprint density at radius 2 is 1.83 bits per heavy atom. The topological polar surface area (TPSA) is 80.9 Å². The standard InChI is InChI=1S/C13H22N4O/c1-8(2)10(9(3)4)5-17-13(18)11-6-16-12(14)7-15-11/h6-10H,5H2,1-4H3,(H2,14,16)(H,17,18). The Balaban J connectivity index is 2.57. The molecule has 0 aliphatic carbocycles. The van der Waals surface area contributed by atoms with Crippen LogP contribution in [0.5, 0.6) is 0 Å². The van der Waals surface area contributed by atoms with E-state index in [9.17, 15) is 4.79 Å². The van der Waals surface area contributed by atoms with E-state index < -0.39 is 0 Å². The highest BCUT2D eigenvalue weighted by molar-refractivity contribution is 5.91. The molecule has 3 N–H and O–H groups in total. The van der Waals surface area contributed by atoms with Crippen molar-refractivity contribution in [3.05, 3.63) is 18.1 Å². The van der Waals surface area contributed by atoms with E-state index in [1.807, 2.05) is 0 Å². The SMILES string of the molecule is CC(C)C(CNC(=O)c1cnc(N)cn1)C(C)C. The third kappa shape index (κ3) is 3.98. The van der Waals surface area contributed by atoms with Crippen LogP contribution in [0.4, 0.5) is 5.82 Å². The Bertz CT molecular complexity index is 378. The molecule has 0 aromatic carbocycles. The zero-order valence-corrected chi connectivity index (χ0v) is 11.5. The molecule has 0 unspecified atom stereocenters. The van der Waals surface area contributed by atoms with E-state index in [2.05, 4.69) is 43.0 Å². The van der Waals surface area contributed by atoms with Crippen molar-refractivity contribution in [2.24, 2.45) is 17.8 Å². The van der Waals surface area contributed by atoms with Gasteiger partial charge in [-0.25, -0.2) is 9.97 Å². The van der Waals surface area contributed by atoms with Gasteiger partial charge in [0, 0.05) is 6.54 Å². The molecular weight excluding hydrogens is 228 g/mol. The summed E-state index contributed by atoms with van der Waals surface area (Å²) >= 11 is 0. The van der Waals surface area contributed by atoms with Crippen molar-refractivity contribution in [3.63, 3.8) is 0 Å². The third-order valence-electron chi connectivity index (χ3n) is 3.12. The van der Waals surface area contributed by atoms with Gasteiger partial charge in [-0.3, -0.25) is 4.79 Å². The van der Waals surface area contributed by atoms with Crippen molar-refractivity contribution in [1.29, 1.82) is 0 Å². The van der Waals surface area contributed by atoms with Crippen LogP contribution in [-0.4, -0.2) is 22.4 Å². The molecule has 1 aromatic heterocycles. The lowest BCUT2D eigenvalue weighted by Crippen LogP contribution is -2.34. The van der Waals surface area contributed by atoms with Gasteiger partial charge >= 0.3 is 0 Å². The summed E-state index contributed by atoms with van der Waals surface area (Å²) in [7, 11) is 0. The Labute approximate surface area is 108 Å². The first kappa shape index (κ1) is 14.4. The molecule has 18 heavy (non-hydrogen) atoms. The fraction of sp³-hybridized carbons (Fsp3) is 0.615. The molecular formula is C13H22N4O. The largest absolute Gasteiger partial charge is 0.382 e. The van der Waals surface area contributed by atoms with Crippen LogP contribution in [-0.2, 0) is 0 Å². The van der Waals surface area contributed by atoms with Crippen molar-refractivity contribution >= 4 is 11.7 Å². The van der Waals surface area contributed by atoms with E-state index in [1.54, 1.807) is 0 Å². The number of rotatable bonds is 5. The van der Waals surface area contributed by atoms with Gasteiger partial charge in [0.05, 0.1) is 12.4 Å². The first-order valence-electron chi connectivity index (χ1n) is 6.27. The first-order chi connectivity index (χ1) is 8.41. The van der Waals surface area contributed by atoms with Gasteiger partial charge in [-0.15, -0.1) is 0 Å². The Kier molecular flexibility index (Phi) is 5.07. The minimum absolute atomic E-state index is 0.200. The van der Waals surface area contributed by atoms with Gasteiger partial charge in [-0.1, -0.05) is 27.7 Å². The summed E-state index contributed by atoms with van der Waals surface area (Å²) in [4.78, 5) is 19.6. The lowest BCUT2D eigenvalue weighted by Gasteiger charge is -2.24. The molecule has 1 heterocycles. The Morgan fingerprint density at radius 1 is 1.22 bits per heavy atom. The van der Waals surface area contributed by atoms with E-state index in [4.69, 9.17) is 5.73 Å². The maximum atomic E-state index is 11.9. The van der Waals surface area contributed by atoms with Crippen LogP contribution in [0.3, 0.4) is 0 Å². The molecule has 1 aromatic rings. The summed E-state index contributed by atoms with van der Waals surface area (Å²) in [5, 5.41) is 2.90. The van der Waals surface area contributed by atoms with E-state index in [0.29, 0.717) is 35.8 Å². The maximum Gasteiger partial charge on any atom is 0.271 e. The van der Waals surface area contributed by atoms with Gasteiger partial charge in [0.2, 0.25) is 0 Å². The van der Waals surface area contributed by atoms with Crippen LogP contribution >= 0.6 is 0 Å². The van der Waals surface area contributed by atoms with Gasteiger partial charge in [-0.05, 0) is 17.8 Å². The van der Waals surface area contributed by atoms with Crippen LogP contribution in [0.25, 0.3) is 0 Å². The van der Waals surface area contributed by atoms with Crippen LogP contribution in [0.1, 0.15) is 38.2 Å². The number of anilines is 1. The number of carbonyl (C=O) groups excluding carboxylic acids is 1. The number of nitrogens with zero attached hydrogens (tertiary/aromatic N) is 2. The van der Waals surface area contributed by atoms with Crippen molar-refractivity contribution in [3.8, 4) is 0 Å². The number of aromatic nitrogens is 2. The average Bonchev–Trinajstić information content (AvgIpc) is 2.28. The normalized spacial score (nSPS) is 11.3. The Morgan fingerprint density at radius 3 is 2.28 bits per heavy atom. The molecule has 0 atom stereocenters. The molecule has 0 aliphatic rings. The Hall–Kier alpha value is -1.65. The molecule has 0 saturated heterocycles. The molecule has 0 aliphatic heterocycles. The van der Waals surface area contributed by atoms with Gasteiger partial charge in [0.25, 0.3) is 5.91 Å². The van der Waals surface area contributed by atoms with E-state index >= 15 is 0 Å². The fourth-order valence-corrected chi connectivity index (χ4v) is 2.00. The molecule has 100 valence electrons. The molecule has 0 bridgehead atoms. The molecule has 0 radical (unpaired) electrons. The zero-order valence-electron chi connectivity index (χ0n) is 11.5. The van der Waals surface area contributed by atoms with E-state index in [-0.39, 0.29) is 5.91 Å². The molecule has 0 fully saturated rings. The lowest BCUT2D eigenvalue weighted by atomic mass is 9.85. The average molecular weight is 250 g/mol. The molecule has 5 nitrogen and oxygen atoms in total. The highest BCUT2D eigenvalue weighted by atomic mass is 16.1. The van der Waals surface area contributed by atoms with Crippen LogP contribution in [0.15, 0.2) is 12.4 Å². The molecule has 1 rings (SSSR count). The van der Waals surface area contributed by atoms with Gasteiger partial charge in [-0.2, -0.15) is 0 Å². The number of amides is 1. The number of nitrogen functional groups attached to an aromatic ring is 1. The minimum atomic E-state index is -0.200. The van der Waals surface area contributed by atoms with E-state index in [0.717, 1.165) is 0 Å². The summed E-state index contributed by atoms with van der Waals surface area (Å²) in [5.74, 6) is 1.63. The molecule has 0 spiro atoms. The summed E-state index contributed by atoms with van der Waals surface area (Å²) in [6, 6.07) is 0. The zero-order chi connectivity index (χ0) is 13.7. The molecule has 0 saturated carbocycles. The summed E-state index contributed by atoms with van der Waals surface area (Å²) in [6.07, 6.45) is 2.78. The van der Waals surface area contributed by atoms with Crippen molar-refractivity contribution in [1.82, 2.24) is 15.3 Å². The number of carbonyl (C=O) groups is 1. The van der Waals surface area contributed by atoms with Crippen molar-refractivity contribution < 1.29 is 4.79 Å². The minimum Gasteiger partial charge on any atom is -0.382 e. The number of hydrogen-bond acceptors (Lipinski definition) is 4. The van der Waals surface area contributed by atoms with Gasteiger partial charge in [0.15, 0.2) is 0 Å². The van der Waals surface area contributed by atoms with Gasteiger partial charge < -0.3 is 11.1 Å². The van der Waals surface area contributed by atoms with Crippen LogP contribution in [0, 0.1) is 17.8 Å². The predicted molar refractivity (Wildman–Crippen MR) is 71.9 cm³/mol. The van der Waals surface area contributed by atoms with Crippen molar-refractivity contribution in [2.45, 2.75) is 27.7 Å². The summed E-state index contributed by atoms with van der Waals surface area (Å²) in [6.45, 7) is 9.32. The van der Waals surface area contributed by atoms with Crippen LogP contribution < -0.4 is 11.1 Å². The van der Waals surface area contributed by atoms with Crippen molar-refractivity contribution in [2.75, 3.05) is 12.3 Å². The van der Waals surface area contributed by atoms with E-state index in [1.165, 1.54) is 12.4 Å². The second-order valence-corrected chi connectivity index (χ2v) is 5.19. The summed E-state index contributed by atoms with van der Waals surface area (Å²) < 4.78 is 0. The quantitative estimate of drug-likeness (QED) is 0.833. The number of nitrogens with one attached hydrogen (secondary N) is 1. The monoisotopic (exact) mass is 250 g/mol. The van der Waals surface area contributed by atoms with Gasteiger partial charge in [0.1, 0.15) is 11.5 Å². The highest BCUT2D eigenvalue weighted by Gasteiger charge is 2.18. The molecule has 1 amide bonds. The number of hydrogen-bond donors (Lipinski definition) is 2. The molecule has 5 heteroatoms.